The summed E-state index contributed by atoms with van der Waals surface area (Å²) in [5.41, 5.74) is 6.11. The first kappa shape index (κ1) is 12.4. The lowest BCUT2D eigenvalue weighted by Gasteiger charge is -2.16. The van der Waals surface area contributed by atoms with Gasteiger partial charge in [-0.25, -0.2) is 14.8 Å². The number of carbonyl (C=O) groups is 2. The molecule has 100 valence electrons. The molecule has 2 N–H and O–H groups in total. The Kier molecular flexibility index (Phi) is 3.11. The number of anilines is 1. The van der Waals surface area contributed by atoms with Crippen molar-refractivity contribution in [2.75, 3.05) is 23.7 Å². The van der Waals surface area contributed by atoms with Crippen LogP contribution in [0.3, 0.4) is 0 Å². The number of cyclic esters (lactones) is 1. The number of carbonyl (C=O) groups excluding carboxylic acids is 2. The van der Waals surface area contributed by atoms with Crippen LogP contribution >= 0.6 is 11.8 Å². The highest BCUT2D eigenvalue weighted by Gasteiger charge is 2.33. The number of aromatic nitrogens is 2. The zero-order valence-electron chi connectivity index (χ0n) is 10.0. The normalized spacial score (nSPS) is 22.4. The van der Waals surface area contributed by atoms with Crippen molar-refractivity contribution in [3.8, 4) is 0 Å². The standard InChI is InChI=1S/C11H12N4O3S/c12-2-7-4-15(11(17)18-7)9-3-13-10-8(14-9)1-6(16)5-19-10/h3,7H,1-2,4-5,12H2/t7-/m0/s1. The number of Topliss-reactive ketones (excluding diaryl/α,β-unsaturated/α-hetero) is 1. The number of ketones is 1. The Bertz CT molecular complexity index is 551. The van der Waals surface area contributed by atoms with E-state index in [-0.39, 0.29) is 24.9 Å². The molecule has 0 aliphatic carbocycles. The minimum absolute atomic E-state index is 0.118. The quantitative estimate of drug-likeness (QED) is 0.812. The van der Waals surface area contributed by atoms with Gasteiger partial charge in [-0.1, -0.05) is 11.8 Å². The van der Waals surface area contributed by atoms with Gasteiger partial charge in [-0.3, -0.25) is 9.69 Å². The van der Waals surface area contributed by atoms with Crippen LogP contribution in [0.25, 0.3) is 0 Å². The molecule has 1 amide bonds. The molecular formula is C11H12N4O3S. The average Bonchev–Trinajstić information content (AvgIpc) is 2.79. The minimum atomic E-state index is -0.473. The van der Waals surface area contributed by atoms with Crippen molar-refractivity contribution in [1.82, 2.24) is 9.97 Å². The third-order valence-corrected chi connectivity index (χ3v) is 4.02. The molecule has 0 aromatic carbocycles. The van der Waals surface area contributed by atoms with Gasteiger partial charge in [-0.15, -0.1) is 0 Å². The highest BCUT2D eigenvalue weighted by molar-refractivity contribution is 8.00. The lowest BCUT2D eigenvalue weighted by atomic mass is 10.2. The van der Waals surface area contributed by atoms with E-state index in [1.165, 1.54) is 22.9 Å². The molecule has 2 aliphatic rings. The van der Waals surface area contributed by atoms with Gasteiger partial charge in [0.1, 0.15) is 16.9 Å². The summed E-state index contributed by atoms with van der Waals surface area (Å²) in [6.07, 6.45) is 1.01. The second kappa shape index (κ2) is 4.78. The maximum atomic E-state index is 11.7. The summed E-state index contributed by atoms with van der Waals surface area (Å²) >= 11 is 1.38. The Morgan fingerprint density at radius 2 is 2.37 bits per heavy atom. The molecule has 0 unspecified atom stereocenters. The van der Waals surface area contributed by atoms with Crippen molar-refractivity contribution < 1.29 is 14.3 Å². The molecule has 7 nitrogen and oxygen atoms in total. The van der Waals surface area contributed by atoms with Crippen molar-refractivity contribution in [1.29, 1.82) is 0 Å². The lowest BCUT2D eigenvalue weighted by Crippen LogP contribution is -2.29. The van der Waals surface area contributed by atoms with Crippen molar-refractivity contribution >= 4 is 29.5 Å². The molecule has 3 rings (SSSR count). The van der Waals surface area contributed by atoms with E-state index >= 15 is 0 Å². The third kappa shape index (κ3) is 2.28. The molecule has 0 saturated carbocycles. The average molecular weight is 280 g/mol. The first-order valence-electron chi connectivity index (χ1n) is 5.86. The minimum Gasteiger partial charge on any atom is -0.443 e. The third-order valence-electron chi connectivity index (χ3n) is 2.94. The van der Waals surface area contributed by atoms with Crippen LogP contribution in [0, 0.1) is 0 Å². The zero-order valence-corrected chi connectivity index (χ0v) is 10.9. The van der Waals surface area contributed by atoms with E-state index in [1.54, 1.807) is 0 Å². The predicted octanol–water partition coefficient (Wildman–Crippen LogP) is -0.0222. The monoisotopic (exact) mass is 280 g/mol. The van der Waals surface area contributed by atoms with Crippen LogP contribution in [0.5, 0.6) is 0 Å². The first-order valence-corrected chi connectivity index (χ1v) is 6.84. The van der Waals surface area contributed by atoms with Crippen LogP contribution in [-0.2, 0) is 16.0 Å². The summed E-state index contributed by atoms with van der Waals surface area (Å²) in [7, 11) is 0. The Morgan fingerprint density at radius 1 is 1.53 bits per heavy atom. The number of nitrogens with zero attached hydrogens (tertiary/aromatic N) is 3. The van der Waals surface area contributed by atoms with Gasteiger partial charge in [0.05, 0.1) is 30.6 Å². The predicted molar refractivity (Wildman–Crippen MR) is 68.1 cm³/mol. The number of rotatable bonds is 2. The molecule has 19 heavy (non-hydrogen) atoms. The van der Waals surface area contributed by atoms with Crippen LogP contribution in [-0.4, -0.2) is 46.8 Å². The van der Waals surface area contributed by atoms with Crippen LogP contribution in [0.1, 0.15) is 5.69 Å². The summed E-state index contributed by atoms with van der Waals surface area (Å²) in [5, 5.41) is 0.756. The van der Waals surface area contributed by atoms with E-state index in [2.05, 4.69) is 9.97 Å². The number of hydrogen-bond acceptors (Lipinski definition) is 7. The second-order valence-corrected chi connectivity index (χ2v) is 5.30. The summed E-state index contributed by atoms with van der Waals surface area (Å²) in [5.74, 6) is 0.963. The van der Waals surface area contributed by atoms with Gasteiger partial charge < -0.3 is 10.5 Å². The molecule has 2 aliphatic heterocycles. The lowest BCUT2D eigenvalue weighted by molar-refractivity contribution is -0.116. The Hall–Kier alpha value is -1.67. The number of hydrogen-bond donors (Lipinski definition) is 1. The summed E-state index contributed by atoms with van der Waals surface area (Å²) < 4.78 is 5.06. The Balaban J connectivity index is 1.88. The molecular weight excluding hydrogens is 268 g/mol. The van der Waals surface area contributed by atoms with Gasteiger partial charge in [-0.05, 0) is 0 Å². The fourth-order valence-corrected chi connectivity index (χ4v) is 2.80. The molecule has 0 bridgehead atoms. The van der Waals surface area contributed by atoms with Gasteiger partial charge >= 0.3 is 6.09 Å². The Labute approximate surface area is 113 Å². The van der Waals surface area contributed by atoms with Crippen molar-refractivity contribution in [2.24, 2.45) is 5.73 Å². The second-order valence-electron chi connectivity index (χ2n) is 4.34. The zero-order chi connectivity index (χ0) is 13.4. The van der Waals surface area contributed by atoms with E-state index in [4.69, 9.17) is 10.5 Å². The molecule has 1 atom stereocenters. The molecule has 1 fully saturated rings. The number of thioether (sulfide) groups is 1. The fourth-order valence-electron chi connectivity index (χ4n) is 1.99. The van der Waals surface area contributed by atoms with Crippen molar-refractivity contribution in [2.45, 2.75) is 17.6 Å². The molecule has 0 spiro atoms. The number of amides is 1. The van der Waals surface area contributed by atoms with E-state index in [0.29, 0.717) is 23.8 Å². The SMILES string of the molecule is NC[C@H]1CN(c2cnc3c(n2)CC(=O)CS3)C(=O)O1. The van der Waals surface area contributed by atoms with Crippen LogP contribution in [0.15, 0.2) is 11.2 Å². The molecule has 1 aromatic heterocycles. The summed E-state index contributed by atoms with van der Waals surface area (Å²) in [6, 6.07) is 0. The van der Waals surface area contributed by atoms with Crippen molar-refractivity contribution in [3.05, 3.63) is 11.9 Å². The summed E-state index contributed by atoms with van der Waals surface area (Å²) in [6.45, 7) is 0.638. The topological polar surface area (TPSA) is 98.4 Å². The van der Waals surface area contributed by atoms with Crippen molar-refractivity contribution in [3.63, 3.8) is 0 Å². The smallest absolute Gasteiger partial charge is 0.416 e. The number of nitrogens with two attached hydrogens (primary N) is 1. The van der Waals surface area contributed by atoms with E-state index in [9.17, 15) is 9.59 Å². The maximum Gasteiger partial charge on any atom is 0.416 e. The van der Waals surface area contributed by atoms with Gasteiger partial charge in [0.25, 0.3) is 0 Å². The Morgan fingerprint density at radius 3 is 3.11 bits per heavy atom. The molecule has 1 saturated heterocycles. The van der Waals surface area contributed by atoms with E-state index in [1.807, 2.05) is 0 Å². The number of fused-ring (bicyclic) bond motifs is 1. The highest BCUT2D eigenvalue weighted by atomic mass is 32.2. The number of ether oxygens (including phenoxy) is 1. The van der Waals surface area contributed by atoms with Gasteiger partial charge in [0, 0.05) is 6.54 Å². The van der Waals surface area contributed by atoms with Crippen LogP contribution in [0.4, 0.5) is 10.6 Å². The largest absolute Gasteiger partial charge is 0.443 e. The van der Waals surface area contributed by atoms with Gasteiger partial charge in [-0.2, -0.15) is 0 Å². The molecule has 0 radical (unpaired) electrons. The van der Waals surface area contributed by atoms with Crippen LogP contribution < -0.4 is 10.6 Å². The van der Waals surface area contributed by atoms with E-state index < -0.39 is 6.09 Å². The van der Waals surface area contributed by atoms with Gasteiger partial charge in [0.2, 0.25) is 0 Å². The molecule has 1 aromatic rings. The van der Waals surface area contributed by atoms with Crippen LogP contribution in [0.2, 0.25) is 0 Å². The maximum absolute atomic E-state index is 11.7. The molecule has 8 heteroatoms. The molecule has 3 heterocycles. The van der Waals surface area contributed by atoms with Gasteiger partial charge in [0.15, 0.2) is 5.82 Å². The highest BCUT2D eigenvalue weighted by Crippen LogP contribution is 2.27. The fraction of sp³-hybridized carbons (Fsp3) is 0.455. The van der Waals surface area contributed by atoms with E-state index in [0.717, 1.165) is 5.03 Å². The first-order chi connectivity index (χ1) is 9.17. The summed E-state index contributed by atoms with van der Waals surface area (Å²) in [4.78, 5) is 33.1.